The highest BCUT2D eigenvalue weighted by Gasteiger charge is 2.35. The molecule has 0 saturated heterocycles. The van der Waals surface area contributed by atoms with Gasteiger partial charge in [-0.2, -0.15) is 0 Å². The molecule has 2 nitrogen and oxygen atoms in total. The molecule has 0 bridgehead atoms. The Labute approximate surface area is 108 Å². The first kappa shape index (κ1) is 16.7. The average molecular weight is 257 g/mol. The number of carbonyl (C=O) groups excluding carboxylic acids is 1. The zero-order valence-electron chi connectivity index (χ0n) is 11.9. The van der Waals surface area contributed by atoms with E-state index in [0.29, 0.717) is 0 Å². The van der Waals surface area contributed by atoms with Crippen molar-refractivity contribution in [1.29, 1.82) is 0 Å². The van der Waals surface area contributed by atoms with E-state index in [4.69, 9.17) is 4.43 Å². The number of unbranched alkanes of at least 4 members (excludes halogenated alkanes) is 3. The topological polar surface area (TPSA) is 26.3 Å². The fourth-order valence-corrected chi connectivity index (χ4v) is 6.80. The van der Waals surface area contributed by atoms with Gasteiger partial charge in [0.05, 0.1) is 6.92 Å². The quantitative estimate of drug-likeness (QED) is 0.530. The third-order valence-electron chi connectivity index (χ3n) is 3.29. The lowest BCUT2D eigenvalue weighted by atomic mass is 10.4. The second kappa shape index (κ2) is 9.69. The van der Waals surface area contributed by atoms with Crippen LogP contribution in [0.3, 0.4) is 0 Å². The van der Waals surface area contributed by atoms with Gasteiger partial charge in [-0.15, -0.1) is 0 Å². The van der Waals surface area contributed by atoms with Crippen LogP contribution < -0.4 is 0 Å². The summed E-state index contributed by atoms with van der Waals surface area (Å²) in [4.78, 5) is 11.3. The fraction of sp³-hybridized carbons (Fsp3) is 0.857. The van der Waals surface area contributed by atoms with Crippen LogP contribution in [0.15, 0.2) is 0 Å². The van der Waals surface area contributed by atoms with E-state index in [0.717, 1.165) is 18.1 Å². The molecule has 0 aromatic carbocycles. The Kier molecular flexibility index (Phi) is 9.51. The number of rotatable bonds is 10. The highest BCUT2D eigenvalue weighted by atomic mass is 28.4. The van der Waals surface area contributed by atoms with Gasteiger partial charge in [0.25, 0.3) is 14.3 Å². The van der Waals surface area contributed by atoms with Crippen molar-refractivity contribution in [3.8, 4) is 0 Å². The Bertz CT molecular complexity index is 183. The maximum absolute atomic E-state index is 11.3. The Morgan fingerprint density at radius 1 is 0.941 bits per heavy atom. The molecule has 0 spiro atoms. The van der Waals surface area contributed by atoms with Gasteiger partial charge in [-0.05, 0) is 18.1 Å². The third-order valence-corrected chi connectivity index (χ3v) is 7.74. The Morgan fingerprint density at radius 3 is 1.53 bits per heavy atom. The van der Waals surface area contributed by atoms with Gasteiger partial charge in [-0.3, -0.25) is 4.79 Å². The number of carbonyl (C=O) groups is 1. The average Bonchev–Trinajstić information content (AvgIpc) is 2.30. The predicted molar refractivity (Wildman–Crippen MR) is 76.3 cm³/mol. The van der Waals surface area contributed by atoms with Gasteiger partial charge in [-0.25, -0.2) is 0 Å². The molecule has 0 amide bonds. The SMILES string of the molecule is [CH2]C(=O)O[Si](CCCC)(CCCC)CCCC. The zero-order chi connectivity index (χ0) is 13.1. The summed E-state index contributed by atoms with van der Waals surface area (Å²) in [5.74, 6) is -0.306. The van der Waals surface area contributed by atoms with Crippen molar-refractivity contribution in [3.05, 3.63) is 6.92 Å². The standard InChI is InChI=1S/C14H29O2Si/c1-5-8-11-17(12-9-6-2,13-10-7-3)16-14(4)15/h4-13H2,1-3H3. The molecule has 0 aliphatic heterocycles. The van der Waals surface area contributed by atoms with Crippen LogP contribution in [0.25, 0.3) is 0 Å². The first-order valence-corrected chi connectivity index (χ1v) is 9.68. The highest BCUT2D eigenvalue weighted by molar-refractivity contribution is 6.75. The van der Waals surface area contributed by atoms with Crippen LogP contribution >= 0.6 is 0 Å². The van der Waals surface area contributed by atoms with Crippen LogP contribution in [0.4, 0.5) is 0 Å². The van der Waals surface area contributed by atoms with Crippen LogP contribution in [0.5, 0.6) is 0 Å². The van der Waals surface area contributed by atoms with Crippen LogP contribution in [-0.4, -0.2) is 14.3 Å². The van der Waals surface area contributed by atoms with Crippen molar-refractivity contribution in [2.45, 2.75) is 77.4 Å². The Balaban J connectivity index is 4.56. The van der Waals surface area contributed by atoms with Crippen LogP contribution in [0.2, 0.25) is 18.1 Å². The van der Waals surface area contributed by atoms with E-state index >= 15 is 0 Å². The molecule has 1 radical (unpaired) electrons. The molecule has 0 rings (SSSR count). The predicted octanol–water partition coefficient (Wildman–Crippen LogP) is 4.71. The molecule has 101 valence electrons. The van der Waals surface area contributed by atoms with E-state index in [1.807, 2.05) is 0 Å². The van der Waals surface area contributed by atoms with Crippen LogP contribution in [0, 0.1) is 6.92 Å². The van der Waals surface area contributed by atoms with Crippen molar-refractivity contribution in [1.82, 2.24) is 0 Å². The third kappa shape index (κ3) is 7.58. The second-order valence-electron chi connectivity index (χ2n) is 4.97. The fourth-order valence-electron chi connectivity index (χ4n) is 2.27. The van der Waals surface area contributed by atoms with E-state index in [1.165, 1.54) is 38.5 Å². The van der Waals surface area contributed by atoms with Gasteiger partial charge in [0.1, 0.15) is 0 Å². The molecule has 0 atom stereocenters. The smallest absolute Gasteiger partial charge is 0.293 e. The van der Waals surface area contributed by atoms with E-state index in [1.54, 1.807) is 0 Å². The molecule has 3 heteroatoms. The summed E-state index contributed by atoms with van der Waals surface area (Å²) < 4.78 is 5.73. The Hall–Kier alpha value is -0.313. The van der Waals surface area contributed by atoms with E-state index in [9.17, 15) is 4.79 Å². The molecule has 0 aliphatic rings. The van der Waals surface area contributed by atoms with Crippen molar-refractivity contribution in [3.63, 3.8) is 0 Å². The normalized spacial score (nSPS) is 11.5. The molecule has 0 aromatic rings. The summed E-state index contributed by atoms with van der Waals surface area (Å²) in [6.07, 6.45) is 7.11. The summed E-state index contributed by atoms with van der Waals surface area (Å²) in [6.45, 7) is 10.0. The van der Waals surface area contributed by atoms with Crippen LogP contribution in [0.1, 0.15) is 59.3 Å². The molecule has 17 heavy (non-hydrogen) atoms. The Morgan fingerprint density at radius 2 is 1.29 bits per heavy atom. The van der Waals surface area contributed by atoms with Gasteiger partial charge in [-0.1, -0.05) is 59.3 Å². The zero-order valence-corrected chi connectivity index (χ0v) is 12.9. The summed E-state index contributed by atoms with van der Waals surface area (Å²) in [6, 6.07) is 3.39. The van der Waals surface area contributed by atoms with Gasteiger partial charge >= 0.3 is 0 Å². The van der Waals surface area contributed by atoms with Gasteiger partial charge in [0.2, 0.25) is 0 Å². The summed E-state index contributed by atoms with van der Waals surface area (Å²) in [5.41, 5.74) is 0. The molecular weight excluding hydrogens is 228 g/mol. The van der Waals surface area contributed by atoms with Crippen molar-refractivity contribution in [2.24, 2.45) is 0 Å². The van der Waals surface area contributed by atoms with E-state index in [-0.39, 0.29) is 5.97 Å². The molecular formula is C14H29O2Si. The van der Waals surface area contributed by atoms with E-state index < -0.39 is 8.32 Å². The largest absolute Gasteiger partial charge is 0.519 e. The van der Waals surface area contributed by atoms with Crippen LogP contribution in [-0.2, 0) is 9.22 Å². The minimum absolute atomic E-state index is 0.306. The minimum Gasteiger partial charge on any atom is -0.519 e. The van der Waals surface area contributed by atoms with Crippen molar-refractivity contribution >= 4 is 14.3 Å². The molecule has 0 unspecified atom stereocenters. The molecule has 0 saturated carbocycles. The number of hydrogen-bond acceptors (Lipinski definition) is 2. The number of hydrogen-bond donors (Lipinski definition) is 0. The molecule has 0 aromatic heterocycles. The second-order valence-corrected chi connectivity index (χ2v) is 9.04. The summed E-state index contributed by atoms with van der Waals surface area (Å²) >= 11 is 0. The molecule has 0 fully saturated rings. The van der Waals surface area contributed by atoms with Crippen molar-refractivity contribution in [2.75, 3.05) is 0 Å². The minimum atomic E-state index is -1.83. The van der Waals surface area contributed by atoms with Gasteiger partial charge in [0.15, 0.2) is 0 Å². The maximum Gasteiger partial charge on any atom is 0.293 e. The lowest BCUT2D eigenvalue weighted by molar-refractivity contribution is -0.130. The molecule has 0 heterocycles. The first-order valence-electron chi connectivity index (χ1n) is 7.15. The molecule has 0 N–H and O–H groups in total. The molecule has 0 aliphatic carbocycles. The monoisotopic (exact) mass is 257 g/mol. The van der Waals surface area contributed by atoms with Gasteiger partial charge < -0.3 is 4.43 Å². The lowest BCUT2D eigenvalue weighted by Crippen LogP contribution is -2.39. The maximum atomic E-state index is 11.3. The van der Waals surface area contributed by atoms with Gasteiger partial charge in [0, 0.05) is 0 Å². The van der Waals surface area contributed by atoms with E-state index in [2.05, 4.69) is 27.7 Å². The highest BCUT2D eigenvalue weighted by Crippen LogP contribution is 2.29. The van der Waals surface area contributed by atoms with Crippen molar-refractivity contribution < 1.29 is 9.22 Å². The summed E-state index contributed by atoms with van der Waals surface area (Å²) in [5, 5.41) is 0. The first-order chi connectivity index (χ1) is 8.10. The summed E-state index contributed by atoms with van der Waals surface area (Å²) in [7, 11) is -1.83. The lowest BCUT2D eigenvalue weighted by Gasteiger charge is -2.30.